The quantitative estimate of drug-likeness (QED) is 0.911. The first kappa shape index (κ1) is 17.0. The van der Waals surface area contributed by atoms with Crippen molar-refractivity contribution in [1.29, 1.82) is 0 Å². The molecule has 0 amide bonds. The van der Waals surface area contributed by atoms with E-state index in [2.05, 4.69) is 10.2 Å². The van der Waals surface area contributed by atoms with Crippen LogP contribution in [0, 0.1) is 11.6 Å². The third-order valence-corrected chi connectivity index (χ3v) is 4.62. The van der Waals surface area contributed by atoms with Crippen LogP contribution < -0.4 is 0 Å². The highest BCUT2D eigenvalue weighted by atomic mass is 19.1. The Morgan fingerprint density at radius 2 is 2.08 bits per heavy atom. The first-order valence-corrected chi connectivity index (χ1v) is 8.32. The smallest absolute Gasteiger partial charge is 0.137 e. The number of piperidine rings is 1. The Labute approximate surface area is 139 Å². The van der Waals surface area contributed by atoms with Gasteiger partial charge in [0.15, 0.2) is 0 Å². The molecule has 1 fully saturated rings. The molecule has 0 radical (unpaired) electrons. The molecule has 1 aliphatic rings. The van der Waals surface area contributed by atoms with E-state index >= 15 is 0 Å². The number of benzene rings is 1. The van der Waals surface area contributed by atoms with E-state index in [0.29, 0.717) is 6.54 Å². The fourth-order valence-electron chi connectivity index (χ4n) is 3.42. The number of halogens is 2. The van der Waals surface area contributed by atoms with E-state index in [-0.39, 0.29) is 18.0 Å². The van der Waals surface area contributed by atoms with Crippen LogP contribution in [0.4, 0.5) is 8.78 Å². The van der Waals surface area contributed by atoms with Crippen LogP contribution in [0.25, 0.3) is 0 Å². The summed E-state index contributed by atoms with van der Waals surface area (Å²) in [5.41, 5.74) is -0.253. The van der Waals surface area contributed by atoms with Crippen LogP contribution in [-0.2, 0) is 6.54 Å². The summed E-state index contributed by atoms with van der Waals surface area (Å²) in [5, 5.41) is 18.5. The number of nitrogens with zero attached hydrogens (tertiary/aromatic N) is 4. The predicted octanol–water partition coefficient (Wildman–Crippen LogP) is 2.49. The number of aryl methyl sites for hydroxylation is 1. The van der Waals surface area contributed by atoms with Gasteiger partial charge in [0.05, 0.1) is 11.7 Å². The summed E-state index contributed by atoms with van der Waals surface area (Å²) in [5.74, 6) is -0.254. The average Bonchev–Trinajstić information content (AvgIpc) is 3.03. The van der Waals surface area contributed by atoms with Gasteiger partial charge in [-0.25, -0.2) is 8.78 Å². The number of hydrogen-bond acceptors (Lipinski definition) is 4. The first-order chi connectivity index (χ1) is 11.6. The molecule has 1 aromatic heterocycles. The molecular weight excluding hydrogens is 314 g/mol. The van der Waals surface area contributed by atoms with Gasteiger partial charge in [0.2, 0.25) is 0 Å². The molecule has 3 rings (SSSR count). The van der Waals surface area contributed by atoms with E-state index in [9.17, 15) is 13.9 Å². The topological polar surface area (TPSA) is 54.2 Å². The Hall–Kier alpha value is -1.86. The lowest BCUT2D eigenvalue weighted by Gasteiger charge is -2.33. The monoisotopic (exact) mass is 336 g/mol. The SMILES string of the molecule is CCn1cnnc1C1CCCN(CC(O)c2c(F)cccc2F)C1. The van der Waals surface area contributed by atoms with Gasteiger partial charge in [0, 0.05) is 25.6 Å². The van der Waals surface area contributed by atoms with Crippen LogP contribution in [-0.4, -0.2) is 44.4 Å². The van der Waals surface area contributed by atoms with Gasteiger partial charge in [-0.05, 0) is 38.4 Å². The molecule has 1 N–H and O–H groups in total. The third kappa shape index (κ3) is 3.47. The molecule has 1 saturated heterocycles. The maximum absolute atomic E-state index is 13.8. The third-order valence-electron chi connectivity index (χ3n) is 4.62. The van der Waals surface area contributed by atoms with Crippen molar-refractivity contribution >= 4 is 0 Å². The van der Waals surface area contributed by atoms with Crippen molar-refractivity contribution < 1.29 is 13.9 Å². The van der Waals surface area contributed by atoms with Crippen molar-refractivity contribution in [3.63, 3.8) is 0 Å². The Morgan fingerprint density at radius 1 is 1.33 bits per heavy atom. The van der Waals surface area contributed by atoms with Gasteiger partial charge in [-0.15, -0.1) is 10.2 Å². The highest BCUT2D eigenvalue weighted by Crippen LogP contribution is 2.28. The molecule has 2 aromatic rings. The van der Waals surface area contributed by atoms with Gasteiger partial charge in [0.1, 0.15) is 23.8 Å². The molecule has 5 nitrogen and oxygen atoms in total. The lowest BCUT2D eigenvalue weighted by atomic mass is 9.96. The van der Waals surface area contributed by atoms with Crippen molar-refractivity contribution in [1.82, 2.24) is 19.7 Å². The van der Waals surface area contributed by atoms with Gasteiger partial charge < -0.3 is 9.67 Å². The molecule has 0 bridgehead atoms. The fourth-order valence-corrected chi connectivity index (χ4v) is 3.42. The molecule has 0 saturated carbocycles. The number of likely N-dealkylation sites (tertiary alicyclic amines) is 1. The van der Waals surface area contributed by atoms with Crippen molar-refractivity contribution in [3.8, 4) is 0 Å². The predicted molar refractivity (Wildman–Crippen MR) is 85.4 cm³/mol. The molecule has 0 spiro atoms. The zero-order valence-electron chi connectivity index (χ0n) is 13.7. The largest absolute Gasteiger partial charge is 0.387 e. The van der Waals surface area contributed by atoms with Gasteiger partial charge in [-0.2, -0.15) is 0 Å². The van der Waals surface area contributed by atoms with Crippen molar-refractivity contribution in [2.24, 2.45) is 0 Å². The Morgan fingerprint density at radius 3 is 2.79 bits per heavy atom. The molecule has 1 aromatic carbocycles. The number of aliphatic hydroxyl groups excluding tert-OH is 1. The Kier molecular flexibility index (Phi) is 5.20. The molecule has 2 heterocycles. The molecule has 7 heteroatoms. The Balaban J connectivity index is 1.69. The minimum Gasteiger partial charge on any atom is -0.387 e. The van der Waals surface area contributed by atoms with Crippen LogP contribution in [0.5, 0.6) is 0 Å². The van der Waals surface area contributed by atoms with E-state index in [1.807, 2.05) is 16.4 Å². The number of rotatable bonds is 5. The molecule has 0 aliphatic carbocycles. The molecule has 2 unspecified atom stereocenters. The maximum Gasteiger partial charge on any atom is 0.137 e. The van der Waals surface area contributed by atoms with E-state index in [1.54, 1.807) is 6.33 Å². The second-order valence-electron chi connectivity index (χ2n) is 6.23. The fraction of sp³-hybridized carbons (Fsp3) is 0.529. The summed E-state index contributed by atoms with van der Waals surface area (Å²) in [7, 11) is 0. The zero-order valence-corrected chi connectivity index (χ0v) is 13.7. The molecule has 130 valence electrons. The first-order valence-electron chi connectivity index (χ1n) is 8.32. The second kappa shape index (κ2) is 7.36. The summed E-state index contributed by atoms with van der Waals surface area (Å²) < 4.78 is 29.6. The van der Waals surface area contributed by atoms with Crippen LogP contribution in [0.2, 0.25) is 0 Å². The molecule has 24 heavy (non-hydrogen) atoms. The number of aliphatic hydroxyl groups is 1. The number of aromatic nitrogens is 3. The maximum atomic E-state index is 13.8. The van der Waals surface area contributed by atoms with Crippen molar-refractivity contribution in [2.45, 2.75) is 38.3 Å². The minimum absolute atomic E-state index is 0.203. The van der Waals surface area contributed by atoms with Crippen LogP contribution >= 0.6 is 0 Å². The highest BCUT2D eigenvalue weighted by Gasteiger charge is 2.28. The minimum atomic E-state index is -1.19. The van der Waals surface area contributed by atoms with E-state index < -0.39 is 17.7 Å². The van der Waals surface area contributed by atoms with Crippen LogP contribution in [0.15, 0.2) is 24.5 Å². The summed E-state index contributed by atoms with van der Waals surface area (Å²) >= 11 is 0. The van der Waals surface area contributed by atoms with Crippen LogP contribution in [0.1, 0.15) is 43.2 Å². The summed E-state index contributed by atoms with van der Waals surface area (Å²) in [6, 6.07) is 3.64. The summed E-state index contributed by atoms with van der Waals surface area (Å²) in [4.78, 5) is 2.04. The standard InChI is InChI=1S/C17H22F2N4O/c1-2-23-11-20-21-17(23)12-5-4-8-22(9-12)10-15(24)16-13(18)6-3-7-14(16)19/h3,6-7,11-12,15,24H,2,4-5,8-10H2,1H3. The second-order valence-corrected chi connectivity index (χ2v) is 6.23. The number of β-amino-alcohol motifs (C(OH)–C–C–N with tert-alkyl or cyclic N) is 1. The lowest BCUT2D eigenvalue weighted by molar-refractivity contribution is 0.0890. The molecule has 1 aliphatic heterocycles. The van der Waals surface area contributed by atoms with Gasteiger partial charge >= 0.3 is 0 Å². The highest BCUT2D eigenvalue weighted by molar-refractivity contribution is 5.22. The summed E-state index contributed by atoms with van der Waals surface area (Å²) in [6.07, 6.45) is 2.49. The van der Waals surface area contributed by atoms with Gasteiger partial charge in [0.25, 0.3) is 0 Å². The Bertz CT molecular complexity index is 671. The lowest BCUT2D eigenvalue weighted by Crippen LogP contribution is -2.38. The van der Waals surface area contributed by atoms with Gasteiger partial charge in [-0.1, -0.05) is 6.07 Å². The van der Waals surface area contributed by atoms with Crippen LogP contribution in [0.3, 0.4) is 0 Å². The molecular formula is C17H22F2N4O. The number of hydrogen-bond donors (Lipinski definition) is 1. The summed E-state index contributed by atoms with van der Waals surface area (Å²) in [6.45, 7) is 4.55. The van der Waals surface area contributed by atoms with E-state index in [4.69, 9.17) is 0 Å². The molecule has 2 atom stereocenters. The van der Waals surface area contributed by atoms with Gasteiger partial charge in [-0.3, -0.25) is 4.90 Å². The average molecular weight is 336 g/mol. The van der Waals surface area contributed by atoms with E-state index in [1.165, 1.54) is 18.2 Å². The van der Waals surface area contributed by atoms with Crippen molar-refractivity contribution in [2.75, 3.05) is 19.6 Å². The van der Waals surface area contributed by atoms with Crippen molar-refractivity contribution in [3.05, 3.63) is 47.5 Å². The zero-order chi connectivity index (χ0) is 17.1. The van der Waals surface area contributed by atoms with E-state index in [0.717, 1.165) is 31.8 Å². The normalized spacial score (nSPS) is 20.2.